The summed E-state index contributed by atoms with van der Waals surface area (Å²) in [6.45, 7) is 5.72. The van der Waals surface area contributed by atoms with E-state index in [9.17, 15) is 0 Å². The topological polar surface area (TPSA) is 46.1 Å². The van der Waals surface area contributed by atoms with Gasteiger partial charge in [0.15, 0.2) is 4.77 Å². The normalized spacial score (nSPS) is 11.0. The number of methoxy groups -OCH3 is 1. The second-order valence-electron chi connectivity index (χ2n) is 3.67. The number of H-pyrrole nitrogens is 1. The van der Waals surface area contributed by atoms with E-state index in [0.29, 0.717) is 17.4 Å². The third kappa shape index (κ3) is 2.79. The van der Waals surface area contributed by atoms with Gasteiger partial charge in [-0.2, -0.15) is 0 Å². The summed E-state index contributed by atoms with van der Waals surface area (Å²) in [6, 6.07) is 0.365. The Balaban J connectivity index is 2.89. The standard InChI is InChI=1S/C9H18N4OS/c1-7(2)13(5-6-14-4)8-10-11-9(15)12(8)3/h7H,5-6H2,1-4H3,(H,11,15). The van der Waals surface area contributed by atoms with E-state index in [2.05, 4.69) is 28.9 Å². The molecule has 15 heavy (non-hydrogen) atoms. The predicted octanol–water partition coefficient (Wildman–Crippen LogP) is 1.34. The van der Waals surface area contributed by atoms with Crippen LogP contribution in [0.1, 0.15) is 13.8 Å². The monoisotopic (exact) mass is 230 g/mol. The first-order valence-corrected chi connectivity index (χ1v) is 5.35. The van der Waals surface area contributed by atoms with Gasteiger partial charge >= 0.3 is 0 Å². The number of nitrogens with zero attached hydrogens (tertiary/aromatic N) is 3. The van der Waals surface area contributed by atoms with E-state index in [1.807, 2.05) is 11.6 Å². The third-order valence-corrected chi connectivity index (χ3v) is 2.64. The van der Waals surface area contributed by atoms with Crippen molar-refractivity contribution in [2.45, 2.75) is 19.9 Å². The zero-order valence-corrected chi connectivity index (χ0v) is 10.5. The van der Waals surface area contributed by atoms with E-state index in [1.165, 1.54) is 0 Å². The Labute approximate surface area is 95.0 Å². The molecular weight excluding hydrogens is 212 g/mol. The molecule has 0 radical (unpaired) electrons. The van der Waals surface area contributed by atoms with Gasteiger partial charge in [0.25, 0.3) is 0 Å². The molecule has 0 saturated heterocycles. The lowest BCUT2D eigenvalue weighted by Gasteiger charge is -2.26. The maximum Gasteiger partial charge on any atom is 0.225 e. The highest BCUT2D eigenvalue weighted by Gasteiger charge is 2.15. The lowest BCUT2D eigenvalue weighted by atomic mass is 10.3. The van der Waals surface area contributed by atoms with Gasteiger partial charge in [0.05, 0.1) is 6.61 Å². The Bertz CT molecular complexity index is 357. The number of anilines is 1. The van der Waals surface area contributed by atoms with E-state index in [4.69, 9.17) is 17.0 Å². The molecule has 0 atom stereocenters. The maximum atomic E-state index is 5.08. The summed E-state index contributed by atoms with van der Waals surface area (Å²) in [6.07, 6.45) is 0. The number of rotatable bonds is 5. The molecule has 86 valence electrons. The molecule has 1 N–H and O–H groups in total. The number of hydrogen-bond acceptors (Lipinski definition) is 4. The molecule has 1 rings (SSSR count). The molecule has 6 heteroatoms. The van der Waals surface area contributed by atoms with Gasteiger partial charge in [0.2, 0.25) is 5.95 Å². The summed E-state index contributed by atoms with van der Waals surface area (Å²) in [4.78, 5) is 2.15. The van der Waals surface area contributed by atoms with Crippen LogP contribution in [-0.2, 0) is 11.8 Å². The quantitative estimate of drug-likeness (QED) is 0.775. The Morgan fingerprint density at radius 3 is 2.67 bits per heavy atom. The van der Waals surface area contributed by atoms with Crippen molar-refractivity contribution >= 4 is 18.2 Å². The SMILES string of the molecule is COCCN(c1n[nH]c(=S)n1C)C(C)C. The zero-order valence-electron chi connectivity index (χ0n) is 9.65. The average Bonchev–Trinajstić information content (AvgIpc) is 2.50. The van der Waals surface area contributed by atoms with E-state index in [1.54, 1.807) is 7.11 Å². The molecule has 0 aliphatic carbocycles. The molecule has 0 spiro atoms. The number of aromatic nitrogens is 3. The van der Waals surface area contributed by atoms with Crippen LogP contribution in [0.2, 0.25) is 0 Å². The first-order valence-electron chi connectivity index (χ1n) is 4.95. The molecule has 0 fully saturated rings. The van der Waals surface area contributed by atoms with E-state index in [0.717, 1.165) is 12.5 Å². The predicted molar refractivity (Wildman–Crippen MR) is 62.8 cm³/mol. The second-order valence-corrected chi connectivity index (χ2v) is 4.05. The zero-order chi connectivity index (χ0) is 11.4. The lowest BCUT2D eigenvalue weighted by Crippen LogP contribution is -2.35. The van der Waals surface area contributed by atoms with Gasteiger partial charge in [0.1, 0.15) is 0 Å². The van der Waals surface area contributed by atoms with Crippen LogP contribution < -0.4 is 4.90 Å². The Hall–Kier alpha value is -0.880. The summed E-state index contributed by atoms with van der Waals surface area (Å²) in [7, 11) is 3.60. The molecule has 0 bridgehead atoms. The molecule has 0 saturated carbocycles. The molecule has 1 heterocycles. The highest BCUT2D eigenvalue weighted by atomic mass is 32.1. The summed E-state index contributed by atoms with van der Waals surface area (Å²) in [5, 5.41) is 6.99. The largest absolute Gasteiger partial charge is 0.383 e. The molecule has 0 unspecified atom stereocenters. The summed E-state index contributed by atoms with van der Waals surface area (Å²) in [5.74, 6) is 0.854. The van der Waals surface area contributed by atoms with Crippen LogP contribution in [0.25, 0.3) is 0 Å². The number of hydrogen-bond donors (Lipinski definition) is 1. The van der Waals surface area contributed by atoms with Crippen LogP contribution in [0, 0.1) is 4.77 Å². The number of aromatic amines is 1. The van der Waals surface area contributed by atoms with Crippen LogP contribution in [0.4, 0.5) is 5.95 Å². The van der Waals surface area contributed by atoms with Gasteiger partial charge < -0.3 is 9.64 Å². The first-order chi connectivity index (χ1) is 7.07. The fraction of sp³-hybridized carbons (Fsp3) is 0.778. The summed E-state index contributed by atoms with van der Waals surface area (Å²) < 4.78 is 7.57. The smallest absolute Gasteiger partial charge is 0.225 e. The number of ether oxygens (including phenoxy) is 1. The molecule has 0 aliphatic rings. The third-order valence-electron chi connectivity index (χ3n) is 2.27. The minimum atomic E-state index is 0.365. The Kier molecular flexibility index (Phi) is 4.28. The van der Waals surface area contributed by atoms with Gasteiger partial charge in [0, 0.05) is 26.7 Å². The molecular formula is C9H18N4OS. The van der Waals surface area contributed by atoms with E-state index >= 15 is 0 Å². The van der Waals surface area contributed by atoms with Gasteiger partial charge in [-0.15, -0.1) is 5.10 Å². The minimum Gasteiger partial charge on any atom is -0.383 e. The highest BCUT2D eigenvalue weighted by molar-refractivity contribution is 7.71. The molecule has 5 nitrogen and oxygen atoms in total. The van der Waals surface area contributed by atoms with Crippen LogP contribution in [0.15, 0.2) is 0 Å². The Morgan fingerprint density at radius 1 is 1.60 bits per heavy atom. The number of nitrogens with one attached hydrogen (secondary N) is 1. The van der Waals surface area contributed by atoms with Gasteiger partial charge in [-0.05, 0) is 26.1 Å². The molecule has 0 aliphatic heterocycles. The van der Waals surface area contributed by atoms with Crippen molar-refractivity contribution in [2.24, 2.45) is 7.05 Å². The molecule has 0 amide bonds. The summed E-state index contributed by atoms with van der Waals surface area (Å²) in [5.41, 5.74) is 0. The summed E-state index contributed by atoms with van der Waals surface area (Å²) >= 11 is 5.08. The maximum absolute atomic E-state index is 5.08. The average molecular weight is 230 g/mol. The van der Waals surface area contributed by atoms with Crippen molar-refractivity contribution in [3.8, 4) is 0 Å². The van der Waals surface area contributed by atoms with Crippen LogP contribution in [0.3, 0.4) is 0 Å². The van der Waals surface area contributed by atoms with Gasteiger partial charge in [-0.25, -0.2) is 5.10 Å². The van der Waals surface area contributed by atoms with Crippen LogP contribution >= 0.6 is 12.2 Å². The fourth-order valence-corrected chi connectivity index (χ4v) is 1.50. The van der Waals surface area contributed by atoms with Crippen molar-refractivity contribution in [3.05, 3.63) is 4.77 Å². The van der Waals surface area contributed by atoms with Crippen LogP contribution in [0.5, 0.6) is 0 Å². The van der Waals surface area contributed by atoms with Crippen molar-refractivity contribution in [3.63, 3.8) is 0 Å². The lowest BCUT2D eigenvalue weighted by molar-refractivity contribution is 0.203. The van der Waals surface area contributed by atoms with Gasteiger partial charge in [-0.3, -0.25) is 4.57 Å². The van der Waals surface area contributed by atoms with Crippen LogP contribution in [-0.4, -0.2) is 41.1 Å². The van der Waals surface area contributed by atoms with Crippen molar-refractivity contribution in [1.82, 2.24) is 14.8 Å². The van der Waals surface area contributed by atoms with E-state index in [-0.39, 0.29) is 0 Å². The van der Waals surface area contributed by atoms with Crippen molar-refractivity contribution in [2.75, 3.05) is 25.2 Å². The van der Waals surface area contributed by atoms with Gasteiger partial charge in [-0.1, -0.05) is 0 Å². The van der Waals surface area contributed by atoms with E-state index < -0.39 is 0 Å². The Morgan fingerprint density at radius 2 is 2.27 bits per heavy atom. The van der Waals surface area contributed by atoms with Crippen molar-refractivity contribution in [1.29, 1.82) is 0 Å². The highest BCUT2D eigenvalue weighted by Crippen LogP contribution is 2.12. The molecule has 1 aromatic rings. The van der Waals surface area contributed by atoms with Crippen molar-refractivity contribution < 1.29 is 4.74 Å². The first kappa shape index (κ1) is 12.2. The minimum absolute atomic E-state index is 0.365. The fourth-order valence-electron chi connectivity index (χ4n) is 1.37. The molecule has 0 aromatic carbocycles. The molecule has 1 aromatic heterocycles. The second kappa shape index (κ2) is 5.27.